The van der Waals surface area contributed by atoms with Gasteiger partial charge in [-0.1, -0.05) is 0 Å². The Hall–Kier alpha value is -1.85. The Bertz CT molecular complexity index is 410. The zero-order valence-corrected chi connectivity index (χ0v) is 11.7. The van der Waals surface area contributed by atoms with Crippen LogP contribution in [0.5, 0.6) is 5.88 Å². The number of rotatable bonds is 8. The zero-order chi connectivity index (χ0) is 14.1. The molecule has 0 aromatic carbocycles. The Kier molecular flexibility index (Phi) is 6.63. The molecule has 0 unspecified atom stereocenters. The maximum atomic E-state index is 11.2. The Labute approximate surface area is 113 Å². The van der Waals surface area contributed by atoms with Crippen LogP contribution in [0.1, 0.15) is 32.5 Å². The number of carbonyl (C=O) groups is 1. The molecule has 0 aliphatic heterocycles. The van der Waals surface area contributed by atoms with Crippen LogP contribution in [-0.2, 0) is 9.53 Å². The summed E-state index contributed by atoms with van der Waals surface area (Å²) in [6.07, 6.45) is 1.11. The van der Waals surface area contributed by atoms with Gasteiger partial charge in [-0.05, 0) is 27.2 Å². The first-order valence-electron chi connectivity index (χ1n) is 6.53. The molecule has 0 aliphatic rings. The van der Waals surface area contributed by atoms with Crippen molar-refractivity contribution in [2.45, 2.75) is 33.6 Å². The largest absolute Gasteiger partial charge is 0.478 e. The molecule has 1 heterocycles. The van der Waals surface area contributed by atoms with Crippen molar-refractivity contribution in [1.29, 1.82) is 0 Å². The maximum Gasteiger partial charge on any atom is 0.305 e. The predicted octanol–water partition coefficient (Wildman–Crippen LogP) is 1.94. The van der Waals surface area contributed by atoms with Crippen LogP contribution in [0.4, 0.5) is 5.82 Å². The first kappa shape index (κ1) is 15.2. The highest BCUT2D eigenvalue weighted by Crippen LogP contribution is 2.13. The Morgan fingerprint density at radius 1 is 1.32 bits per heavy atom. The average Bonchev–Trinajstić information content (AvgIpc) is 2.35. The van der Waals surface area contributed by atoms with Crippen LogP contribution in [0.25, 0.3) is 0 Å². The molecule has 0 radical (unpaired) electrons. The second-order valence-electron chi connectivity index (χ2n) is 3.91. The summed E-state index contributed by atoms with van der Waals surface area (Å²) in [4.78, 5) is 19.6. The average molecular weight is 267 g/mol. The van der Waals surface area contributed by atoms with Crippen molar-refractivity contribution in [2.75, 3.05) is 25.1 Å². The lowest BCUT2D eigenvalue weighted by Gasteiger charge is -2.08. The lowest BCUT2D eigenvalue weighted by molar-refractivity contribution is -0.143. The Morgan fingerprint density at radius 2 is 2.11 bits per heavy atom. The van der Waals surface area contributed by atoms with Crippen molar-refractivity contribution in [3.63, 3.8) is 0 Å². The van der Waals surface area contributed by atoms with E-state index in [0.717, 1.165) is 0 Å². The Balaban J connectivity index is 2.38. The minimum atomic E-state index is -0.168. The summed E-state index contributed by atoms with van der Waals surface area (Å²) in [7, 11) is 0. The molecule has 0 atom stereocenters. The number of hydrogen-bond acceptors (Lipinski definition) is 6. The standard InChI is InChI=1S/C13H21N3O3/c1-4-18-12-9-11(15-10(3)16-12)14-8-6-7-13(17)19-5-2/h9H,4-8H2,1-3H3,(H,14,15,16). The summed E-state index contributed by atoms with van der Waals surface area (Å²) < 4.78 is 10.2. The van der Waals surface area contributed by atoms with Gasteiger partial charge in [0, 0.05) is 19.0 Å². The van der Waals surface area contributed by atoms with Crippen molar-refractivity contribution >= 4 is 11.8 Å². The fraction of sp³-hybridized carbons (Fsp3) is 0.615. The Morgan fingerprint density at radius 3 is 2.79 bits per heavy atom. The summed E-state index contributed by atoms with van der Waals surface area (Å²) >= 11 is 0. The smallest absolute Gasteiger partial charge is 0.305 e. The van der Waals surface area contributed by atoms with E-state index in [1.165, 1.54) is 0 Å². The zero-order valence-electron chi connectivity index (χ0n) is 11.7. The van der Waals surface area contributed by atoms with Crippen LogP contribution in [0.15, 0.2) is 6.07 Å². The molecule has 0 amide bonds. The highest BCUT2D eigenvalue weighted by atomic mass is 16.5. The number of anilines is 1. The van der Waals surface area contributed by atoms with E-state index in [4.69, 9.17) is 9.47 Å². The molecule has 0 fully saturated rings. The fourth-order valence-corrected chi connectivity index (χ4v) is 1.54. The molecule has 6 heteroatoms. The van der Waals surface area contributed by atoms with Gasteiger partial charge in [-0.25, -0.2) is 4.98 Å². The van der Waals surface area contributed by atoms with Gasteiger partial charge in [0.2, 0.25) is 5.88 Å². The molecule has 0 saturated carbocycles. The topological polar surface area (TPSA) is 73.3 Å². The van der Waals surface area contributed by atoms with E-state index in [2.05, 4.69) is 15.3 Å². The number of nitrogens with one attached hydrogen (secondary N) is 1. The van der Waals surface area contributed by atoms with Crippen molar-refractivity contribution in [3.05, 3.63) is 11.9 Å². The SMILES string of the molecule is CCOC(=O)CCCNc1cc(OCC)nc(C)n1. The summed E-state index contributed by atoms with van der Waals surface area (Å²) in [6, 6.07) is 1.75. The molecule has 1 aromatic heterocycles. The van der Waals surface area contributed by atoms with Gasteiger partial charge in [0.1, 0.15) is 11.6 Å². The minimum Gasteiger partial charge on any atom is -0.478 e. The van der Waals surface area contributed by atoms with Crippen molar-refractivity contribution < 1.29 is 14.3 Å². The van der Waals surface area contributed by atoms with E-state index in [1.54, 1.807) is 13.0 Å². The number of aromatic nitrogens is 2. The molecule has 1 rings (SSSR count). The van der Waals surface area contributed by atoms with E-state index in [-0.39, 0.29) is 5.97 Å². The van der Waals surface area contributed by atoms with Gasteiger partial charge < -0.3 is 14.8 Å². The predicted molar refractivity (Wildman–Crippen MR) is 72.3 cm³/mol. The molecule has 1 N–H and O–H groups in total. The van der Waals surface area contributed by atoms with Crippen LogP contribution >= 0.6 is 0 Å². The van der Waals surface area contributed by atoms with Crippen LogP contribution in [0.2, 0.25) is 0 Å². The van der Waals surface area contributed by atoms with Crippen LogP contribution in [-0.4, -0.2) is 35.7 Å². The number of aryl methyl sites for hydroxylation is 1. The molecule has 0 aliphatic carbocycles. The molecule has 0 spiro atoms. The lowest BCUT2D eigenvalue weighted by atomic mass is 10.3. The summed E-state index contributed by atoms with van der Waals surface area (Å²) in [6.45, 7) is 7.17. The highest BCUT2D eigenvalue weighted by molar-refractivity contribution is 5.69. The van der Waals surface area contributed by atoms with Gasteiger partial charge in [0.25, 0.3) is 0 Å². The number of hydrogen-bond donors (Lipinski definition) is 1. The normalized spacial score (nSPS) is 10.1. The van der Waals surface area contributed by atoms with Crippen molar-refractivity contribution in [3.8, 4) is 5.88 Å². The summed E-state index contributed by atoms with van der Waals surface area (Å²) in [5.41, 5.74) is 0. The van der Waals surface area contributed by atoms with Crippen LogP contribution in [0, 0.1) is 6.92 Å². The quantitative estimate of drug-likeness (QED) is 0.573. The van der Waals surface area contributed by atoms with E-state index in [0.29, 0.717) is 50.1 Å². The van der Waals surface area contributed by atoms with Crippen molar-refractivity contribution in [2.24, 2.45) is 0 Å². The number of esters is 1. The van der Waals surface area contributed by atoms with Gasteiger partial charge in [-0.3, -0.25) is 4.79 Å². The molecule has 0 saturated heterocycles. The van der Waals surface area contributed by atoms with Crippen LogP contribution in [0.3, 0.4) is 0 Å². The monoisotopic (exact) mass is 267 g/mol. The van der Waals surface area contributed by atoms with Gasteiger partial charge in [0.15, 0.2) is 0 Å². The van der Waals surface area contributed by atoms with Gasteiger partial charge in [-0.2, -0.15) is 4.98 Å². The highest BCUT2D eigenvalue weighted by Gasteiger charge is 2.04. The lowest BCUT2D eigenvalue weighted by Crippen LogP contribution is -2.09. The van der Waals surface area contributed by atoms with Crippen molar-refractivity contribution in [1.82, 2.24) is 9.97 Å². The first-order valence-corrected chi connectivity index (χ1v) is 6.53. The van der Waals surface area contributed by atoms with E-state index >= 15 is 0 Å². The summed E-state index contributed by atoms with van der Waals surface area (Å²) in [5.74, 6) is 1.75. The third-order valence-corrected chi connectivity index (χ3v) is 2.28. The molecule has 19 heavy (non-hydrogen) atoms. The molecule has 1 aromatic rings. The maximum absolute atomic E-state index is 11.2. The molecular formula is C13H21N3O3. The fourth-order valence-electron chi connectivity index (χ4n) is 1.54. The van der Waals surface area contributed by atoms with Gasteiger partial charge in [0.05, 0.1) is 13.2 Å². The molecule has 0 bridgehead atoms. The number of carbonyl (C=O) groups excluding carboxylic acids is 1. The summed E-state index contributed by atoms with van der Waals surface area (Å²) in [5, 5.41) is 3.14. The van der Waals surface area contributed by atoms with Crippen LogP contribution < -0.4 is 10.1 Å². The molecular weight excluding hydrogens is 246 g/mol. The third-order valence-electron chi connectivity index (χ3n) is 2.28. The van der Waals surface area contributed by atoms with Gasteiger partial charge in [-0.15, -0.1) is 0 Å². The molecule has 106 valence electrons. The third kappa shape index (κ3) is 6.03. The first-order chi connectivity index (χ1) is 9.15. The number of ether oxygens (including phenoxy) is 2. The second-order valence-corrected chi connectivity index (χ2v) is 3.91. The minimum absolute atomic E-state index is 0.168. The van der Waals surface area contributed by atoms with E-state index in [1.807, 2.05) is 13.8 Å². The van der Waals surface area contributed by atoms with E-state index < -0.39 is 0 Å². The number of nitrogens with zero attached hydrogens (tertiary/aromatic N) is 2. The molecule has 6 nitrogen and oxygen atoms in total. The van der Waals surface area contributed by atoms with E-state index in [9.17, 15) is 4.79 Å². The second kappa shape index (κ2) is 8.29. The van der Waals surface area contributed by atoms with Gasteiger partial charge >= 0.3 is 5.97 Å².